The number of ether oxygens (including phenoxy) is 1. The van der Waals surface area contributed by atoms with Crippen molar-refractivity contribution < 1.29 is 4.74 Å². The smallest absolute Gasteiger partial charge is 0.0953 e. The first-order chi connectivity index (χ1) is 13.7. The molecule has 0 aromatic heterocycles. The third kappa shape index (κ3) is 5.22. The zero-order valence-corrected chi connectivity index (χ0v) is 21.1. The summed E-state index contributed by atoms with van der Waals surface area (Å²) in [5.41, 5.74) is 5.15. The maximum atomic E-state index is 5.36. The fourth-order valence-electron chi connectivity index (χ4n) is 4.12. The monoisotopic (exact) mass is 487 g/mol. The van der Waals surface area contributed by atoms with Crippen LogP contribution in [0, 0.1) is 0 Å². The minimum Gasteiger partial charge on any atom is -0.385 e. The average Bonchev–Trinajstić information content (AvgIpc) is 2.84. The highest BCUT2D eigenvalue weighted by molar-refractivity contribution is 8.78. The molecular formula is C22H31Cl2N3OS2. The maximum absolute atomic E-state index is 5.36. The first kappa shape index (κ1) is 25.6. The van der Waals surface area contributed by atoms with Crippen molar-refractivity contribution in [3.8, 4) is 11.3 Å². The molecule has 0 radical (unpaired) electrons. The molecule has 30 heavy (non-hydrogen) atoms. The lowest BCUT2D eigenvalue weighted by molar-refractivity contribution is 0.138. The Morgan fingerprint density at radius 2 is 2.03 bits per heavy atom. The Bertz CT molecular complexity index is 836. The van der Waals surface area contributed by atoms with Gasteiger partial charge in [0.25, 0.3) is 0 Å². The van der Waals surface area contributed by atoms with Gasteiger partial charge < -0.3 is 9.64 Å². The largest absolute Gasteiger partial charge is 0.385 e. The molecule has 4 rings (SSSR count). The summed E-state index contributed by atoms with van der Waals surface area (Å²) in [5.74, 6) is 0. The molecule has 0 unspecified atom stereocenters. The van der Waals surface area contributed by atoms with Crippen LogP contribution in [0.3, 0.4) is 0 Å². The molecule has 0 spiro atoms. The highest BCUT2D eigenvalue weighted by Gasteiger charge is 2.33. The van der Waals surface area contributed by atoms with Gasteiger partial charge in [0, 0.05) is 61.6 Å². The van der Waals surface area contributed by atoms with Crippen LogP contribution in [0.5, 0.6) is 0 Å². The number of nitrogens with zero attached hydrogens (tertiary/aromatic N) is 3. The van der Waals surface area contributed by atoms with E-state index in [4.69, 9.17) is 9.72 Å². The molecule has 166 valence electrons. The average molecular weight is 489 g/mol. The van der Waals surface area contributed by atoms with Gasteiger partial charge in [-0.15, -0.1) is 24.8 Å². The number of hydrogen-bond acceptors (Lipinski definition) is 6. The second-order valence-electron chi connectivity index (χ2n) is 7.57. The quantitative estimate of drug-likeness (QED) is 0.458. The number of likely N-dealkylation sites (N-methyl/N-ethyl adjacent to an activating group) is 1. The van der Waals surface area contributed by atoms with Crippen molar-refractivity contribution in [2.45, 2.75) is 37.1 Å². The lowest BCUT2D eigenvalue weighted by Crippen LogP contribution is -2.52. The minimum atomic E-state index is 0. The zero-order chi connectivity index (χ0) is 19.5. The molecule has 3 heterocycles. The van der Waals surface area contributed by atoms with Crippen LogP contribution in [-0.2, 0) is 4.74 Å². The molecule has 4 aliphatic rings. The predicted molar refractivity (Wildman–Crippen MR) is 137 cm³/mol. The van der Waals surface area contributed by atoms with Gasteiger partial charge in [-0.25, -0.2) is 0 Å². The molecule has 8 heteroatoms. The summed E-state index contributed by atoms with van der Waals surface area (Å²) in [5, 5.41) is 0. The van der Waals surface area contributed by atoms with Gasteiger partial charge in [-0.1, -0.05) is 47.1 Å². The van der Waals surface area contributed by atoms with Crippen molar-refractivity contribution in [3.63, 3.8) is 0 Å². The number of anilines is 1. The summed E-state index contributed by atoms with van der Waals surface area (Å²) in [6.45, 7) is 6.21. The Labute approximate surface area is 200 Å². The number of piperazine rings is 1. The van der Waals surface area contributed by atoms with Crippen molar-refractivity contribution >= 4 is 58.2 Å². The van der Waals surface area contributed by atoms with Crippen LogP contribution in [-0.4, -0.2) is 56.3 Å². The van der Waals surface area contributed by atoms with Gasteiger partial charge in [-0.05, 0) is 36.9 Å². The Hall–Kier alpha value is -0.630. The van der Waals surface area contributed by atoms with Crippen LogP contribution in [0.4, 0.5) is 5.69 Å². The van der Waals surface area contributed by atoms with E-state index in [-0.39, 0.29) is 24.8 Å². The maximum Gasteiger partial charge on any atom is 0.0953 e. The first-order valence-corrected chi connectivity index (χ1v) is 12.3. The molecule has 1 aliphatic carbocycles. The SMILES string of the molecule is CCCC1=Cc2c(c3ccccnc-3c2N2CCN(C)[C@@H](CCOC)C2)SS1.Cl.Cl. The molecule has 4 nitrogen and oxygen atoms in total. The van der Waals surface area contributed by atoms with E-state index in [9.17, 15) is 0 Å². The van der Waals surface area contributed by atoms with E-state index in [0.717, 1.165) is 44.8 Å². The molecular weight excluding hydrogens is 457 g/mol. The summed E-state index contributed by atoms with van der Waals surface area (Å²) in [6.07, 6.45) is 7.76. The molecule has 0 aromatic carbocycles. The van der Waals surface area contributed by atoms with E-state index >= 15 is 0 Å². The van der Waals surface area contributed by atoms with Crippen LogP contribution in [0.1, 0.15) is 31.7 Å². The standard InChI is InChI=1S/C22H29N3OS2.2ClH/c1-4-7-17-14-19-21(25-12-11-24(2)16(15-25)9-13-26-3)20-18(22(19)28-27-17)8-5-6-10-23-20;;/h5-6,8,10,14,16H,4,7,9,11-13,15H2,1-3H3;2*1H/t16-;;/m0../s1. The number of aromatic nitrogens is 1. The van der Waals surface area contributed by atoms with Crippen LogP contribution in [0.15, 0.2) is 34.2 Å². The summed E-state index contributed by atoms with van der Waals surface area (Å²) >= 11 is 0. The van der Waals surface area contributed by atoms with Gasteiger partial charge in [0.1, 0.15) is 0 Å². The second-order valence-corrected chi connectivity index (χ2v) is 9.84. The third-order valence-corrected chi connectivity index (χ3v) is 8.29. The Morgan fingerprint density at radius 1 is 1.20 bits per heavy atom. The van der Waals surface area contributed by atoms with Gasteiger partial charge in [-0.3, -0.25) is 9.88 Å². The van der Waals surface area contributed by atoms with E-state index in [2.05, 4.69) is 42.0 Å². The normalized spacial score (nSPS) is 19.0. The van der Waals surface area contributed by atoms with E-state index in [1.807, 2.05) is 33.9 Å². The molecule has 1 fully saturated rings. The molecule has 0 bridgehead atoms. The summed E-state index contributed by atoms with van der Waals surface area (Å²) < 4.78 is 5.36. The number of methoxy groups -OCH3 is 1. The van der Waals surface area contributed by atoms with Crippen molar-refractivity contribution in [1.82, 2.24) is 9.88 Å². The predicted octanol–water partition coefficient (Wildman–Crippen LogP) is 6.08. The highest BCUT2D eigenvalue weighted by atomic mass is 35.5. The highest BCUT2D eigenvalue weighted by Crippen LogP contribution is 2.56. The number of allylic oxidation sites excluding steroid dienone is 1. The lowest BCUT2D eigenvalue weighted by atomic mass is 10.1. The zero-order valence-electron chi connectivity index (χ0n) is 17.8. The van der Waals surface area contributed by atoms with Crippen LogP contribution >= 0.6 is 46.4 Å². The fourth-order valence-corrected chi connectivity index (χ4v) is 6.77. The Kier molecular flexibility index (Phi) is 10.1. The van der Waals surface area contributed by atoms with Crippen molar-refractivity contribution in [2.24, 2.45) is 0 Å². The van der Waals surface area contributed by atoms with Gasteiger partial charge in [0.2, 0.25) is 0 Å². The van der Waals surface area contributed by atoms with Crippen molar-refractivity contribution in [3.05, 3.63) is 34.9 Å². The molecule has 1 saturated heterocycles. The van der Waals surface area contributed by atoms with Crippen LogP contribution in [0.25, 0.3) is 17.3 Å². The molecule has 0 aromatic rings. The van der Waals surface area contributed by atoms with Crippen LogP contribution in [0.2, 0.25) is 0 Å². The summed E-state index contributed by atoms with van der Waals surface area (Å²) in [4.78, 5) is 12.8. The number of rotatable bonds is 6. The van der Waals surface area contributed by atoms with E-state index in [1.165, 1.54) is 33.0 Å². The topological polar surface area (TPSA) is 28.6 Å². The molecule has 0 amide bonds. The Morgan fingerprint density at radius 3 is 2.80 bits per heavy atom. The minimum absolute atomic E-state index is 0. The van der Waals surface area contributed by atoms with E-state index in [1.54, 1.807) is 7.11 Å². The van der Waals surface area contributed by atoms with Crippen molar-refractivity contribution in [2.75, 3.05) is 45.3 Å². The number of fused-ring (bicyclic) bond motifs is 3. The van der Waals surface area contributed by atoms with Gasteiger partial charge in [0.05, 0.1) is 11.4 Å². The molecule has 0 N–H and O–H groups in total. The van der Waals surface area contributed by atoms with Gasteiger partial charge >= 0.3 is 0 Å². The fraction of sp³-hybridized carbons (Fsp3) is 0.500. The lowest BCUT2D eigenvalue weighted by Gasteiger charge is -2.41. The second kappa shape index (κ2) is 11.8. The van der Waals surface area contributed by atoms with E-state index in [0.29, 0.717) is 6.04 Å². The molecule has 1 atom stereocenters. The number of halogens is 2. The third-order valence-electron chi connectivity index (χ3n) is 5.67. The van der Waals surface area contributed by atoms with Crippen molar-refractivity contribution in [1.29, 1.82) is 0 Å². The molecule has 0 saturated carbocycles. The summed E-state index contributed by atoms with van der Waals surface area (Å²) in [7, 11) is 7.86. The number of hydrogen-bond donors (Lipinski definition) is 0. The van der Waals surface area contributed by atoms with Gasteiger partial charge in [0.15, 0.2) is 0 Å². The summed E-state index contributed by atoms with van der Waals surface area (Å²) in [6, 6.07) is 6.88. The molecule has 3 aliphatic heterocycles. The Balaban J connectivity index is 0.00000160. The van der Waals surface area contributed by atoms with E-state index < -0.39 is 0 Å². The van der Waals surface area contributed by atoms with Gasteiger partial charge in [-0.2, -0.15) is 0 Å². The van der Waals surface area contributed by atoms with Crippen LogP contribution < -0.4 is 4.90 Å². The first-order valence-electron chi connectivity index (χ1n) is 10.1.